The van der Waals surface area contributed by atoms with Gasteiger partial charge >= 0.3 is 6.61 Å². The first-order valence-corrected chi connectivity index (χ1v) is 8.85. The molecule has 0 bridgehead atoms. The lowest BCUT2D eigenvalue weighted by molar-refractivity contribution is -0.0494. The fraction of sp³-hybridized carbons (Fsp3) is 0.300. The van der Waals surface area contributed by atoms with Crippen LogP contribution >= 0.6 is 0 Å². The first kappa shape index (κ1) is 19.8. The van der Waals surface area contributed by atoms with E-state index in [9.17, 15) is 8.78 Å². The summed E-state index contributed by atoms with van der Waals surface area (Å²) < 4.78 is 40.5. The topological polar surface area (TPSA) is 60.6 Å². The summed E-state index contributed by atoms with van der Waals surface area (Å²) in [6.07, 6.45) is 0.831. The number of hydrogen-bond donors (Lipinski definition) is 0. The SMILES string of the molecule is CN(CCCOc1ccccc1)Cc1nc(-c2ccccc2OC(F)F)no1. The number of nitrogens with zero attached hydrogens (tertiary/aromatic N) is 3. The first-order valence-electron chi connectivity index (χ1n) is 8.85. The minimum Gasteiger partial charge on any atom is -0.494 e. The van der Waals surface area contributed by atoms with Crippen molar-refractivity contribution in [3.05, 3.63) is 60.5 Å². The van der Waals surface area contributed by atoms with Gasteiger partial charge < -0.3 is 14.0 Å². The van der Waals surface area contributed by atoms with Crippen molar-refractivity contribution >= 4 is 0 Å². The minimum atomic E-state index is -2.92. The van der Waals surface area contributed by atoms with Gasteiger partial charge in [0, 0.05) is 6.54 Å². The molecular weight excluding hydrogens is 368 g/mol. The van der Waals surface area contributed by atoms with Crippen molar-refractivity contribution in [2.45, 2.75) is 19.6 Å². The van der Waals surface area contributed by atoms with Crippen molar-refractivity contribution in [1.82, 2.24) is 15.0 Å². The van der Waals surface area contributed by atoms with Gasteiger partial charge in [-0.25, -0.2) is 0 Å². The Morgan fingerprint density at radius 1 is 1.07 bits per heavy atom. The Bertz CT molecular complexity index is 859. The van der Waals surface area contributed by atoms with Gasteiger partial charge in [0.05, 0.1) is 18.7 Å². The molecule has 1 aromatic heterocycles. The fourth-order valence-corrected chi connectivity index (χ4v) is 2.63. The maximum atomic E-state index is 12.5. The van der Waals surface area contributed by atoms with E-state index in [0.29, 0.717) is 24.6 Å². The number of aromatic nitrogens is 2. The van der Waals surface area contributed by atoms with Crippen LogP contribution in [-0.2, 0) is 6.54 Å². The summed E-state index contributed by atoms with van der Waals surface area (Å²) in [5.74, 6) is 1.47. The van der Waals surface area contributed by atoms with Gasteiger partial charge in [-0.15, -0.1) is 0 Å². The molecule has 8 heteroatoms. The Kier molecular flexibility index (Phi) is 6.91. The predicted molar refractivity (Wildman–Crippen MR) is 99.3 cm³/mol. The molecule has 0 unspecified atom stereocenters. The highest BCUT2D eigenvalue weighted by Gasteiger charge is 2.16. The largest absolute Gasteiger partial charge is 0.494 e. The summed E-state index contributed by atoms with van der Waals surface area (Å²) in [5, 5.41) is 3.88. The highest BCUT2D eigenvalue weighted by Crippen LogP contribution is 2.28. The third kappa shape index (κ3) is 5.75. The number of ether oxygens (including phenoxy) is 2. The molecule has 0 spiro atoms. The maximum Gasteiger partial charge on any atom is 0.387 e. The molecule has 0 aliphatic heterocycles. The van der Waals surface area contributed by atoms with E-state index in [2.05, 4.69) is 14.9 Å². The Labute approximate surface area is 161 Å². The molecule has 0 N–H and O–H groups in total. The van der Waals surface area contributed by atoms with Crippen LogP contribution in [0.3, 0.4) is 0 Å². The van der Waals surface area contributed by atoms with Crippen LogP contribution in [0.2, 0.25) is 0 Å². The van der Waals surface area contributed by atoms with Crippen LogP contribution in [-0.4, -0.2) is 41.9 Å². The predicted octanol–water partition coefficient (Wildman–Crippen LogP) is 4.24. The highest BCUT2D eigenvalue weighted by molar-refractivity contribution is 5.63. The van der Waals surface area contributed by atoms with Gasteiger partial charge in [0.2, 0.25) is 11.7 Å². The lowest BCUT2D eigenvalue weighted by Gasteiger charge is -2.14. The summed E-state index contributed by atoms with van der Waals surface area (Å²) in [6.45, 7) is -1.11. The van der Waals surface area contributed by atoms with Gasteiger partial charge in [-0.1, -0.05) is 35.5 Å². The van der Waals surface area contributed by atoms with Crippen molar-refractivity contribution in [2.24, 2.45) is 0 Å². The van der Waals surface area contributed by atoms with E-state index in [-0.39, 0.29) is 11.6 Å². The maximum absolute atomic E-state index is 12.5. The van der Waals surface area contributed by atoms with Crippen molar-refractivity contribution in [1.29, 1.82) is 0 Å². The average molecular weight is 389 g/mol. The zero-order valence-corrected chi connectivity index (χ0v) is 15.4. The van der Waals surface area contributed by atoms with Crippen molar-refractivity contribution in [3.8, 4) is 22.9 Å². The molecule has 0 amide bonds. The fourth-order valence-electron chi connectivity index (χ4n) is 2.63. The number of rotatable bonds is 10. The number of alkyl halides is 2. The Balaban J connectivity index is 1.50. The van der Waals surface area contributed by atoms with E-state index in [4.69, 9.17) is 9.26 Å². The van der Waals surface area contributed by atoms with Gasteiger partial charge in [-0.3, -0.25) is 4.90 Å². The standard InChI is InChI=1S/C20H21F2N3O3/c1-25(12-7-13-26-15-8-3-2-4-9-15)14-18-23-19(24-28-18)16-10-5-6-11-17(16)27-20(21)22/h2-6,8-11,20H,7,12-14H2,1H3. The molecule has 0 fully saturated rings. The van der Waals surface area contributed by atoms with Gasteiger partial charge in [0.15, 0.2) is 0 Å². The van der Waals surface area contributed by atoms with Gasteiger partial charge in [-0.05, 0) is 37.7 Å². The molecule has 0 atom stereocenters. The molecule has 28 heavy (non-hydrogen) atoms. The zero-order chi connectivity index (χ0) is 19.8. The quantitative estimate of drug-likeness (QED) is 0.484. The molecule has 0 saturated carbocycles. The molecule has 2 aromatic carbocycles. The van der Waals surface area contributed by atoms with Crippen LogP contribution in [0.4, 0.5) is 8.78 Å². The summed E-state index contributed by atoms with van der Waals surface area (Å²) in [4.78, 5) is 6.31. The molecule has 0 saturated heterocycles. The van der Waals surface area contributed by atoms with E-state index in [0.717, 1.165) is 18.7 Å². The number of halogens is 2. The third-order valence-electron chi connectivity index (χ3n) is 3.91. The molecule has 1 heterocycles. The zero-order valence-electron chi connectivity index (χ0n) is 15.4. The highest BCUT2D eigenvalue weighted by atomic mass is 19.3. The smallest absolute Gasteiger partial charge is 0.387 e. The minimum absolute atomic E-state index is 0.0104. The Morgan fingerprint density at radius 2 is 1.82 bits per heavy atom. The lowest BCUT2D eigenvalue weighted by atomic mass is 10.2. The van der Waals surface area contributed by atoms with Crippen LogP contribution in [0.15, 0.2) is 59.1 Å². The van der Waals surface area contributed by atoms with Crippen LogP contribution in [0.25, 0.3) is 11.4 Å². The van der Waals surface area contributed by atoms with E-state index >= 15 is 0 Å². The van der Waals surface area contributed by atoms with Crippen molar-refractivity contribution in [3.63, 3.8) is 0 Å². The Morgan fingerprint density at radius 3 is 2.61 bits per heavy atom. The summed E-state index contributed by atoms with van der Waals surface area (Å²) in [7, 11) is 1.93. The van der Waals surface area contributed by atoms with E-state index in [1.165, 1.54) is 6.07 Å². The normalized spacial score (nSPS) is 11.2. The van der Waals surface area contributed by atoms with Crippen molar-refractivity contribution < 1.29 is 22.8 Å². The molecule has 0 aliphatic rings. The molecular formula is C20H21F2N3O3. The second-order valence-electron chi connectivity index (χ2n) is 6.14. The van der Waals surface area contributed by atoms with Gasteiger partial charge in [-0.2, -0.15) is 13.8 Å². The number of para-hydroxylation sites is 2. The van der Waals surface area contributed by atoms with E-state index in [1.807, 2.05) is 42.3 Å². The number of benzene rings is 2. The average Bonchev–Trinajstić information content (AvgIpc) is 3.14. The molecule has 6 nitrogen and oxygen atoms in total. The molecule has 148 valence electrons. The monoisotopic (exact) mass is 389 g/mol. The van der Waals surface area contributed by atoms with Crippen LogP contribution < -0.4 is 9.47 Å². The molecule has 3 rings (SSSR count). The second-order valence-corrected chi connectivity index (χ2v) is 6.14. The van der Waals surface area contributed by atoms with Gasteiger partial charge in [0.1, 0.15) is 11.5 Å². The second kappa shape index (κ2) is 9.80. The summed E-state index contributed by atoms with van der Waals surface area (Å²) in [5.41, 5.74) is 0.358. The number of hydrogen-bond acceptors (Lipinski definition) is 6. The lowest BCUT2D eigenvalue weighted by Crippen LogP contribution is -2.21. The van der Waals surface area contributed by atoms with E-state index < -0.39 is 6.61 Å². The van der Waals surface area contributed by atoms with Crippen LogP contribution in [0, 0.1) is 0 Å². The van der Waals surface area contributed by atoms with Crippen molar-refractivity contribution in [2.75, 3.05) is 20.2 Å². The van der Waals surface area contributed by atoms with Crippen LogP contribution in [0.1, 0.15) is 12.3 Å². The first-order chi connectivity index (χ1) is 13.6. The molecule has 3 aromatic rings. The summed E-state index contributed by atoms with van der Waals surface area (Å²) in [6, 6.07) is 16.0. The third-order valence-corrected chi connectivity index (χ3v) is 3.91. The molecule has 0 radical (unpaired) electrons. The van der Waals surface area contributed by atoms with E-state index in [1.54, 1.807) is 18.2 Å². The molecule has 0 aliphatic carbocycles. The van der Waals surface area contributed by atoms with Gasteiger partial charge in [0.25, 0.3) is 0 Å². The Hall–Kier alpha value is -3.00. The van der Waals surface area contributed by atoms with Crippen LogP contribution in [0.5, 0.6) is 11.5 Å². The summed E-state index contributed by atoms with van der Waals surface area (Å²) >= 11 is 0.